The fourth-order valence-corrected chi connectivity index (χ4v) is 2.32. The SMILES string of the molecule is O=Cc1ccn(-c2cc3c(=O)n(O)c(=O)[nH]c3cc2C(F)(F)F)c1. The van der Waals surface area contributed by atoms with Gasteiger partial charge in [0.15, 0.2) is 6.29 Å². The third-order valence-electron chi connectivity index (χ3n) is 3.43. The lowest BCUT2D eigenvalue weighted by atomic mass is 10.1. The molecule has 7 nitrogen and oxygen atoms in total. The number of carbonyl (C=O) groups is 1. The number of nitrogens with zero attached hydrogens (tertiary/aromatic N) is 2. The average molecular weight is 339 g/mol. The van der Waals surface area contributed by atoms with Gasteiger partial charge in [-0.3, -0.25) is 9.59 Å². The van der Waals surface area contributed by atoms with E-state index < -0.39 is 28.7 Å². The maximum atomic E-state index is 13.3. The first-order valence-electron chi connectivity index (χ1n) is 6.45. The maximum absolute atomic E-state index is 13.3. The number of aromatic amines is 1. The maximum Gasteiger partial charge on any atom is 0.418 e. The molecule has 0 saturated carbocycles. The van der Waals surface area contributed by atoms with Gasteiger partial charge in [-0.15, -0.1) is 0 Å². The first-order valence-corrected chi connectivity index (χ1v) is 6.45. The second kappa shape index (κ2) is 5.11. The van der Waals surface area contributed by atoms with E-state index in [0.29, 0.717) is 12.4 Å². The van der Waals surface area contributed by atoms with Crippen LogP contribution in [0.5, 0.6) is 0 Å². The molecule has 124 valence electrons. The molecule has 0 unspecified atom stereocenters. The number of alkyl halides is 3. The van der Waals surface area contributed by atoms with Crippen LogP contribution in [0.25, 0.3) is 16.6 Å². The number of halogens is 3. The number of carbonyl (C=O) groups excluding carboxylic acids is 1. The highest BCUT2D eigenvalue weighted by atomic mass is 19.4. The number of H-pyrrole nitrogens is 1. The summed E-state index contributed by atoms with van der Waals surface area (Å²) in [7, 11) is 0. The van der Waals surface area contributed by atoms with E-state index in [1.165, 1.54) is 12.3 Å². The molecule has 2 aromatic heterocycles. The van der Waals surface area contributed by atoms with Crippen LogP contribution in [-0.2, 0) is 6.18 Å². The highest BCUT2D eigenvalue weighted by molar-refractivity contribution is 5.82. The van der Waals surface area contributed by atoms with E-state index in [4.69, 9.17) is 0 Å². The monoisotopic (exact) mass is 339 g/mol. The molecule has 0 saturated heterocycles. The molecule has 3 aromatic rings. The number of benzene rings is 1. The zero-order valence-corrected chi connectivity index (χ0v) is 11.7. The Morgan fingerprint density at radius 3 is 2.50 bits per heavy atom. The number of nitrogens with one attached hydrogen (secondary N) is 1. The third kappa shape index (κ3) is 2.37. The minimum atomic E-state index is -4.78. The molecule has 0 spiro atoms. The van der Waals surface area contributed by atoms with Crippen molar-refractivity contribution in [2.45, 2.75) is 6.18 Å². The molecule has 0 fully saturated rings. The Morgan fingerprint density at radius 1 is 1.21 bits per heavy atom. The highest BCUT2D eigenvalue weighted by Gasteiger charge is 2.35. The van der Waals surface area contributed by atoms with Crippen LogP contribution in [0.1, 0.15) is 15.9 Å². The zero-order valence-electron chi connectivity index (χ0n) is 11.7. The van der Waals surface area contributed by atoms with Crippen molar-refractivity contribution in [3.8, 4) is 5.69 Å². The predicted octanol–water partition coefficient (Wildman–Crippen LogP) is 1.55. The molecule has 24 heavy (non-hydrogen) atoms. The van der Waals surface area contributed by atoms with E-state index >= 15 is 0 Å². The Kier molecular flexibility index (Phi) is 3.32. The van der Waals surface area contributed by atoms with Crippen LogP contribution >= 0.6 is 0 Å². The van der Waals surface area contributed by atoms with Gasteiger partial charge in [0.1, 0.15) is 0 Å². The van der Waals surface area contributed by atoms with Gasteiger partial charge in [0.05, 0.1) is 22.2 Å². The van der Waals surface area contributed by atoms with Crippen LogP contribution in [0.15, 0.2) is 40.2 Å². The Balaban J connectivity index is 2.43. The van der Waals surface area contributed by atoms with Crippen molar-refractivity contribution < 1.29 is 23.2 Å². The molecule has 0 amide bonds. The van der Waals surface area contributed by atoms with Gasteiger partial charge in [0, 0.05) is 18.0 Å². The second-order valence-electron chi connectivity index (χ2n) is 4.93. The van der Waals surface area contributed by atoms with Crippen molar-refractivity contribution in [1.82, 2.24) is 14.3 Å². The van der Waals surface area contributed by atoms with Gasteiger partial charge in [0.25, 0.3) is 5.56 Å². The molecule has 0 aliphatic heterocycles. The van der Waals surface area contributed by atoms with E-state index in [0.717, 1.165) is 16.8 Å². The van der Waals surface area contributed by atoms with Gasteiger partial charge >= 0.3 is 11.9 Å². The Bertz CT molecular complexity index is 1080. The van der Waals surface area contributed by atoms with Gasteiger partial charge in [-0.2, -0.15) is 13.2 Å². The fraction of sp³-hybridized carbons (Fsp3) is 0.0714. The number of aromatic nitrogens is 3. The van der Waals surface area contributed by atoms with Crippen LogP contribution in [0, 0.1) is 0 Å². The highest BCUT2D eigenvalue weighted by Crippen LogP contribution is 2.35. The molecular formula is C14H8F3N3O4. The predicted molar refractivity (Wildman–Crippen MR) is 75.7 cm³/mol. The first-order chi connectivity index (χ1) is 11.2. The molecule has 2 N–H and O–H groups in total. The van der Waals surface area contributed by atoms with Crippen LogP contribution in [-0.4, -0.2) is 25.8 Å². The molecule has 0 bridgehead atoms. The van der Waals surface area contributed by atoms with Crippen LogP contribution < -0.4 is 11.2 Å². The zero-order chi connectivity index (χ0) is 17.6. The lowest BCUT2D eigenvalue weighted by Crippen LogP contribution is -2.33. The topological polar surface area (TPSA) is 97.1 Å². The standard InChI is InChI=1S/C14H8F3N3O4/c15-14(16,17)9-4-10-8(12(22)20(24)13(23)18-10)3-11(9)19-2-1-7(5-19)6-21/h1-6,24H,(H,18,23). The molecule has 0 radical (unpaired) electrons. The summed E-state index contributed by atoms with van der Waals surface area (Å²) >= 11 is 0. The molecule has 0 atom stereocenters. The lowest BCUT2D eigenvalue weighted by molar-refractivity contribution is -0.137. The number of fused-ring (bicyclic) bond motifs is 1. The van der Waals surface area contributed by atoms with E-state index in [2.05, 4.69) is 0 Å². The molecule has 0 aliphatic rings. The summed E-state index contributed by atoms with van der Waals surface area (Å²) in [5, 5.41) is 9.00. The molecule has 1 aromatic carbocycles. The van der Waals surface area contributed by atoms with Gasteiger partial charge in [-0.25, -0.2) is 4.79 Å². The van der Waals surface area contributed by atoms with Gasteiger partial charge in [-0.05, 0) is 18.2 Å². The lowest BCUT2D eigenvalue weighted by Gasteiger charge is -2.15. The van der Waals surface area contributed by atoms with Crippen LogP contribution in [0.4, 0.5) is 13.2 Å². The van der Waals surface area contributed by atoms with E-state index in [1.807, 2.05) is 4.98 Å². The van der Waals surface area contributed by atoms with E-state index in [1.54, 1.807) is 0 Å². The minimum absolute atomic E-state index is 0.143. The van der Waals surface area contributed by atoms with Gasteiger partial charge in [-0.1, -0.05) is 4.73 Å². The molecule has 10 heteroatoms. The van der Waals surface area contributed by atoms with Crippen molar-refractivity contribution in [1.29, 1.82) is 0 Å². The normalized spacial score (nSPS) is 11.8. The van der Waals surface area contributed by atoms with E-state index in [9.17, 15) is 32.8 Å². The first kappa shape index (κ1) is 15.6. The van der Waals surface area contributed by atoms with Gasteiger partial charge < -0.3 is 14.8 Å². The summed E-state index contributed by atoms with van der Waals surface area (Å²) in [6.07, 6.45) is -1.93. The summed E-state index contributed by atoms with van der Waals surface area (Å²) in [5.41, 5.74) is -4.18. The van der Waals surface area contributed by atoms with Crippen molar-refractivity contribution in [3.63, 3.8) is 0 Å². The summed E-state index contributed by atoms with van der Waals surface area (Å²) in [6.45, 7) is 0. The summed E-state index contributed by atoms with van der Waals surface area (Å²) in [6, 6.07) is 2.79. The number of rotatable bonds is 2. The van der Waals surface area contributed by atoms with E-state index in [-0.39, 0.29) is 21.2 Å². The summed E-state index contributed by atoms with van der Waals surface area (Å²) in [5.74, 6) is 0. The van der Waals surface area contributed by atoms with Crippen molar-refractivity contribution in [3.05, 3.63) is 62.6 Å². The summed E-state index contributed by atoms with van der Waals surface area (Å²) in [4.78, 5) is 36.0. The fourth-order valence-electron chi connectivity index (χ4n) is 2.32. The second-order valence-corrected chi connectivity index (χ2v) is 4.93. The van der Waals surface area contributed by atoms with Gasteiger partial charge in [0.2, 0.25) is 0 Å². The smallest absolute Gasteiger partial charge is 0.418 e. The number of aldehydes is 1. The molecule has 2 heterocycles. The summed E-state index contributed by atoms with van der Waals surface area (Å²) < 4.78 is 40.8. The molecular weight excluding hydrogens is 331 g/mol. The van der Waals surface area contributed by atoms with Crippen molar-refractivity contribution in [2.24, 2.45) is 0 Å². The minimum Gasteiger partial charge on any atom is -0.421 e. The number of hydrogen-bond donors (Lipinski definition) is 2. The average Bonchev–Trinajstić information content (AvgIpc) is 3.00. The quantitative estimate of drug-likeness (QED) is 0.547. The van der Waals surface area contributed by atoms with Crippen molar-refractivity contribution in [2.75, 3.05) is 0 Å². The Labute approximate surface area is 130 Å². The van der Waals surface area contributed by atoms with Crippen molar-refractivity contribution >= 4 is 17.2 Å². The Hall–Kier alpha value is -3.30. The molecule has 0 aliphatic carbocycles. The Morgan fingerprint density at radius 2 is 1.92 bits per heavy atom. The van der Waals surface area contributed by atoms with Crippen LogP contribution in [0.2, 0.25) is 0 Å². The number of hydrogen-bond acceptors (Lipinski definition) is 4. The van der Waals surface area contributed by atoms with Crippen LogP contribution in [0.3, 0.4) is 0 Å². The largest absolute Gasteiger partial charge is 0.421 e. The molecule has 3 rings (SSSR count). The third-order valence-corrected chi connectivity index (χ3v) is 3.43.